The summed E-state index contributed by atoms with van der Waals surface area (Å²) < 4.78 is 17.1. The van der Waals surface area contributed by atoms with Crippen molar-refractivity contribution < 1.29 is 14.2 Å². The second kappa shape index (κ2) is 8.38. The normalized spacial score (nSPS) is 21.0. The number of methoxy groups -OCH3 is 2. The summed E-state index contributed by atoms with van der Waals surface area (Å²) in [5.74, 6) is 3.25. The highest BCUT2D eigenvalue weighted by atomic mass is 16.5. The van der Waals surface area contributed by atoms with Gasteiger partial charge in [0.05, 0.1) is 20.3 Å². The minimum Gasteiger partial charge on any atom is -0.493 e. The molecule has 1 heterocycles. The van der Waals surface area contributed by atoms with Crippen molar-refractivity contribution in [2.45, 2.75) is 25.0 Å². The van der Waals surface area contributed by atoms with Crippen molar-refractivity contribution in [2.24, 2.45) is 5.92 Å². The van der Waals surface area contributed by atoms with E-state index in [4.69, 9.17) is 14.2 Å². The number of nitrogens with one attached hydrogen (secondary N) is 1. The largest absolute Gasteiger partial charge is 0.493 e. The van der Waals surface area contributed by atoms with Gasteiger partial charge in [-0.05, 0) is 59.4 Å². The molecule has 0 aromatic heterocycles. The summed E-state index contributed by atoms with van der Waals surface area (Å²) >= 11 is 0. The van der Waals surface area contributed by atoms with Crippen molar-refractivity contribution in [3.8, 4) is 17.2 Å². The van der Waals surface area contributed by atoms with Crippen molar-refractivity contribution in [2.75, 3.05) is 19.5 Å². The van der Waals surface area contributed by atoms with Gasteiger partial charge in [-0.3, -0.25) is 0 Å². The van der Waals surface area contributed by atoms with E-state index in [0.29, 0.717) is 18.4 Å². The molecule has 158 valence electrons. The molecule has 3 aromatic carbocycles. The monoisotopic (exact) mass is 413 g/mol. The van der Waals surface area contributed by atoms with Crippen LogP contribution in [-0.4, -0.2) is 14.2 Å². The summed E-state index contributed by atoms with van der Waals surface area (Å²) in [6.45, 7) is 0.575. The van der Waals surface area contributed by atoms with E-state index in [9.17, 15) is 0 Å². The lowest BCUT2D eigenvalue weighted by Crippen LogP contribution is -2.29. The lowest BCUT2D eigenvalue weighted by atomic mass is 9.77. The lowest BCUT2D eigenvalue weighted by Gasteiger charge is -2.37. The third kappa shape index (κ3) is 3.74. The zero-order valence-electron chi connectivity index (χ0n) is 17.9. The number of benzene rings is 3. The molecule has 1 aliphatic carbocycles. The number of rotatable bonds is 6. The van der Waals surface area contributed by atoms with Crippen molar-refractivity contribution in [1.29, 1.82) is 0 Å². The van der Waals surface area contributed by atoms with Crippen molar-refractivity contribution in [3.63, 3.8) is 0 Å². The molecule has 2 aliphatic rings. The summed E-state index contributed by atoms with van der Waals surface area (Å²) in [6, 6.07) is 23.1. The number of hydrogen-bond acceptors (Lipinski definition) is 4. The number of fused-ring (bicyclic) bond motifs is 3. The molecule has 4 heteroatoms. The molecule has 3 unspecified atom stereocenters. The molecule has 0 fully saturated rings. The molecule has 0 spiro atoms. The summed E-state index contributed by atoms with van der Waals surface area (Å²) in [5.41, 5.74) is 4.86. The van der Waals surface area contributed by atoms with E-state index in [1.54, 1.807) is 14.2 Å². The van der Waals surface area contributed by atoms with Crippen LogP contribution in [0.4, 0.5) is 5.69 Å². The Kier molecular flexibility index (Phi) is 5.29. The fourth-order valence-corrected chi connectivity index (χ4v) is 4.78. The highest BCUT2D eigenvalue weighted by Crippen LogP contribution is 2.51. The smallest absolute Gasteiger partial charge is 0.161 e. The van der Waals surface area contributed by atoms with Gasteiger partial charge in [0.15, 0.2) is 11.5 Å². The van der Waals surface area contributed by atoms with Crippen LogP contribution in [-0.2, 0) is 6.61 Å². The predicted molar refractivity (Wildman–Crippen MR) is 123 cm³/mol. The zero-order valence-corrected chi connectivity index (χ0v) is 17.9. The molecule has 0 bridgehead atoms. The van der Waals surface area contributed by atoms with Crippen LogP contribution in [0, 0.1) is 5.92 Å². The Balaban J connectivity index is 1.42. The fraction of sp³-hybridized carbons (Fsp3) is 0.259. The number of hydrogen-bond donors (Lipinski definition) is 1. The second-order valence-corrected chi connectivity index (χ2v) is 8.11. The third-order valence-corrected chi connectivity index (χ3v) is 6.35. The molecule has 0 amide bonds. The van der Waals surface area contributed by atoms with Crippen LogP contribution in [0.2, 0.25) is 0 Å². The maximum absolute atomic E-state index is 6.09. The first-order valence-electron chi connectivity index (χ1n) is 10.7. The summed E-state index contributed by atoms with van der Waals surface area (Å²) in [4.78, 5) is 0. The van der Waals surface area contributed by atoms with E-state index in [1.165, 1.54) is 22.4 Å². The van der Waals surface area contributed by atoms with Crippen LogP contribution in [0.1, 0.15) is 35.1 Å². The fourth-order valence-electron chi connectivity index (χ4n) is 4.78. The number of allylic oxidation sites excluding steroid dienone is 2. The van der Waals surface area contributed by atoms with Gasteiger partial charge in [-0.15, -0.1) is 0 Å². The molecule has 1 aliphatic heterocycles. The lowest BCUT2D eigenvalue weighted by molar-refractivity contribution is 0.305. The molecule has 3 aromatic rings. The SMILES string of the molecule is COc1ccc(C2Nc3ccc(OCc4ccccc4)cc3C3C=CCC32)cc1OC. The molecule has 0 radical (unpaired) electrons. The topological polar surface area (TPSA) is 39.7 Å². The maximum atomic E-state index is 6.09. The Morgan fingerprint density at radius 2 is 1.74 bits per heavy atom. The highest BCUT2D eigenvalue weighted by Gasteiger charge is 2.38. The van der Waals surface area contributed by atoms with Crippen LogP contribution in [0.25, 0.3) is 0 Å². The van der Waals surface area contributed by atoms with E-state index < -0.39 is 0 Å². The Morgan fingerprint density at radius 1 is 0.903 bits per heavy atom. The minimum absolute atomic E-state index is 0.211. The Bertz CT molecular complexity index is 1090. The van der Waals surface area contributed by atoms with Crippen molar-refractivity contribution in [1.82, 2.24) is 0 Å². The van der Waals surface area contributed by atoms with Gasteiger partial charge >= 0.3 is 0 Å². The zero-order chi connectivity index (χ0) is 21.2. The summed E-state index contributed by atoms with van der Waals surface area (Å²) in [7, 11) is 3.35. The van der Waals surface area contributed by atoms with Gasteiger partial charge in [0.25, 0.3) is 0 Å². The van der Waals surface area contributed by atoms with Gasteiger partial charge in [0.2, 0.25) is 0 Å². The Morgan fingerprint density at radius 3 is 2.55 bits per heavy atom. The standard InChI is InChI=1S/C27H27NO3/c1-29-25-14-11-19(15-26(25)30-2)27-22-10-6-9-21(22)23-16-20(12-13-24(23)28-27)31-17-18-7-4-3-5-8-18/h3-9,11-16,21-22,27-28H,10,17H2,1-2H3. The van der Waals surface area contributed by atoms with Gasteiger partial charge in [-0.2, -0.15) is 0 Å². The maximum Gasteiger partial charge on any atom is 0.161 e. The first kappa shape index (κ1) is 19.6. The van der Waals surface area contributed by atoms with Crippen LogP contribution in [0.3, 0.4) is 0 Å². The molecular formula is C27H27NO3. The molecule has 5 rings (SSSR count). The molecule has 1 N–H and O–H groups in total. The van der Waals surface area contributed by atoms with Crippen LogP contribution in [0.15, 0.2) is 78.9 Å². The van der Waals surface area contributed by atoms with E-state index in [-0.39, 0.29) is 6.04 Å². The number of ether oxygens (including phenoxy) is 3. The van der Waals surface area contributed by atoms with E-state index in [1.807, 2.05) is 24.3 Å². The average Bonchev–Trinajstić information content (AvgIpc) is 3.33. The van der Waals surface area contributed by atoms with Gasteiger partial charge in [0, 0.05) is 11.6 Å². The van der Waals surface area contributed by atoms with Crippen LogP contribution >= 0.6 is 0 Å². The molecule has 31 heavy (non-hydrogen) atoms. The first-order chi connectivity index (χ1) is 15.3. The second-order valence-electron chi connectivity index (χ2n) is 8.11. The van der Waals surface area contributed by atoms with Crippen LogP contribution in [0.5, 0.6) is 17.2 Å². The summed E-state index contributed by atoms with van der Waals surface area (Å²) in [6.07, 6.45) is 5.70. The van der Waals surface area contributed by atoms with E-state index >= 15 is 0 Å². The number of anilines is 1. The Hall–Kier alpha value is -3.40. The Labute approximate surface area is 183 Å². The van der Waals surface area contributed by atoms with Gasteiger partial charge in [-0.25, -0.2) is 0 Å². The quantitative estimate of drug-likeness (QED) is 0.495. The predicted octanol–water partition coefficient (Wildman–Crippen LogP) is 6.11. The average molecular weight is 414 g/mol. The van der Waals surface area contributed by atoms with E-state index in [0.717, 1.165) is 23.7 Å². The molecular weight excluding hydrogens is 386 g/mol. The van der Waals surface area contributed by atoms with Gasteiger partial charge < -0.3 is 19.5 Å². The molecule has 4 nitrogen and oxygen atoms in total. The van der Waals surface area contributed by atoms with E-state index in [2.05, 4.69) is 59.9 Å². The van der Waals surface area contributed by atoms with Gasteiger partial charge in [-0.1, -0.05) is 48.6 Å². The molecule has 0 saturated heterocycles. The minimum atomic E-state index is 0.211. The highest BCUT2D eigenvalue weighted by molar-refractivity contribution is 5.62. The summed E-state index contributed by atoms with van der Waals surface area (Å²) in [5, 5.41) is 3.78. The van der Waals surface area contributed by atoms with Crippen molar-refractivity contribution in [3.05, 3.63) is 95.6 Å². The first-order valence-corrected chi connectivity index (χ1v) is 10.7. The van der Waals surface area contributed by atoms with Gasteiger partial charge in [0.1, 0.15) is 12.4 Å². The van der Waals surface area contributed by atoms with Crippen LogP contribution < -0.4 is 19.5 Å². The molecule has 3 atom stereocenters. The molecule has 0 saturated carbocycles. The third-order valence-electron chi connectivity index (χ3n) is 6.35. The van der Waals surface area contributed by atoms with Crippen molar-refractivity contribution >= 4 is 5.69 Å².